The molecule has 0 aromatic carbocycles. The van der Waals surface area contributed by atoms with Crippen molar-refractivity contribution in [3.63, 3.8) is 0 Å². The smallest absolute Gasteiger partial charge is 0.266 e. The van der Waals surface area contributed by atoms with Crippen LogP contribution < -0.4 is 0 Å². The topological polar surface area (TPSA) is 57.6 Å². The van der Waals surface area contributed by atoms with E-state index in [0.717, 1.165) is 0 Å². The molecule has 0 fully saturated rings. The lowest BCUT2D eigenvalue weighted by atomic mass is 10.7. The summed E-state index contributed by atoms with van der Waals surface area (Å²) in [5.74, 6) is -0.194. The van der Waals surface area contributed by atoms with Crippen molar-refractivity contribution in [1.82, 2.24) is 4.90 Å². The summed E-state index contributed by atoms with van der Waals surface area (Å²) in [5, 5.41) is 0. The average molecular weight is 169 g/mol. The van der Waals surface area contributed by atoms with Gasteiger partial charge in [0.1, 0.15) is 0 Å². The normalized spacial score (nSPS) is 11.2. The third kappa shape index (κ3) is 10.8. The van der Waals surface area contributed by atoms with E-state index in [4.69, 9.17) is 4.55 Å². The fraction of sp³-hybridized carbons (Fsp3) is 1.00. The predicted octanol–water partition coefficient (Wildman–Crippen LogP) is 0.0719. The second-order valence-electron chi connectivity index (χ2n) is 2.09. The molecule has 10 heavy (non-hydrogen) atoms. The standard InChI is InChI=1S/C4H11NO3S.CH4/c1-5(2)3-4-9(6,7)8;/h3-4H2,1-2H3,(H,6,7,8);1H4. The molecule has 0 saturated heterocycles. The Morgan fingerprint density at radius 1 is 1.40 bits per heavy atom. The van der Waals surface area contributed by atoms with Crippen molar-refractivity contribution in [2.75, 3.05) is 26.4 Å². The first-order chi connectivity index (χ1) is 3.92. The number of rotatable bonds is 3. The average Bonchev–Trinajstić information content (AvgIpc) is 1.59. The van der Waals surface area contributed by atoms with Gasteiger partial charge in [0.15, 0.2) is 0 Å². The molecule has 1 N–H and O–H groups in total. The van der Waals surface area contributed by atoms with Crippen LogP contribution in [0.1, 0.15) is 7.43 Å². The van der Waals surface area contributed by atoms with E-state index in [2.05, 4.69) is 0 Å². The van der Waals surface area contributed by atoms with Crippen molar-refractivity contribution < 1.29 is 13.0 Å². The first kappa shape index (κ1) is 12.5. The van der Waals surface area contributed by atoms with Crippen LogP contribution in [0.15, 0.2) is 0 Å². The molecule has 0 radical (unpaired) electrons. The van der Waals surface area contributed by atoms with Crippen LogP contribution in [0.4, 0.5) is 0 Å². The van der Waals surface area contributed by atoms with Crippen LogP contribution in [-0.2, 0) is 10.1 Å². The Balaban J connectivity index is 0. The zero-order chi connectivity index (χ0) is 7.49. The van der Waals surface area contributed by atoms with Crippen LogP contribution >= 0.6 is 0 Å². The summed E-state index contributed by atoms with van der Waals surface area (Å²) in [5.41, 5.74) is 0. The molecule has 0 aliphatic rings. The van der Waals surface area contributed by atoms with Gasteiger partial charge in [-0.25, -0.2) is 0 Å². The summed E-state index contributed by atoms with van der Waals surface area (Å²) in [6.07, 6.45) is 0. The molecule has 0 bridgehead atoms. The van der Waals surface area contributed by atoms with Crippen molar-refractivity contribution >= 4 is 10.1 Å². The van der Waals surface area contributed by atoms with Gasteiger partial charge in [-0.05, 0) is 14.1 Å². The Hall–Kier alpha value is -0.130. The lowest BCUT2D eigenvalue weighted by Gasteiger charge is -2.05. The zero-order valence-electron chi connectivity index (χ0n) is 5.53. The first-order valence-corrected chi connectivity index (χ1v) is 4.12. The number of hydrogen-bond acceptors (Lipinski definition) is 3. The largest absolute Gasteiger partial charge is 0.308 e. The number of hydrogen-bond donors (Lipinski definition) is 1. The van der Waals surface area contributed by atoms with Gasteiger partial charge >= 0.3 is 0 Å². The molecule has 0 aromatic rings. The molecular weight excluding hydrogens is 154 g/mol. The van der Waals surface area contributed by atoms with Crippen molar-refractivity contribution in [3.8, 4) is 0 Å². The number of nitrogens with zero attached hydrogens (tertiary/aromatic N) is 1. The molecule has 0 rings (SSSR count). The lowest BCUT2D eigenvalue weighted by molar-refractivity contribution is 0.418. The maximum Gasteiger partial charge on any atom is 0.266 e. The second-order valence-corrected chi connectivity index (χ2v) is 3.66. The summed E-state index contributed by atoms with van der Waals surface area (Å²) in [4.78, 5) is 1.69. The molecule has 0 saturated carbocycles. The molecule has 0 aliphatic carbocycles. The molecule has 0 spiro atoms. The van der Waals surface area contributed by atoms with Gasteiger partial charge in [0, 0.05) is 6.54 Å². The van der Waals surface area contributed by atoms with Gasteiger partial charge in [0.05, 0.1) is 5.75 Å². The predicted molar refractivity (Wildman–Crippen MR) is 41.7 cm³/mol. The monoisotopic (exact) mass is 169 g/mol. The van der Waals surface area contributed by atoms with Gasteiger partial charge in [-0.15, -0.1) is 0 Å². The quantitative estimate of drug-likeness (QED) is 0.607. The highest BCUT2D eigenvalue weighted by atomic mass is 32.2. The summed E-state index contributed by atoms with van der Waals surface area (Å²) in [6.45, 7) is 0.360. The van der Waals surface area contributed by atoms with Gasteiger partial charge in [0.2, 0.25) is 0 Å². The maximum atomic E-state index is 10.1. The van der Waals surface area contributed by atoms with E-state index >= 15 is 0 Å². The molecule has 0 atom stereocenters. The van der Waals surface area contributed by atoms with E-state index in [1.165, 1.54) is 0 Å². The Labute approximate surface area is 62.6 Å². The molecule has 0 amide bonds. The molecule has 0 unspecified atom stereocenters. The van der Waals surface area contributed by atoms with Crippen LogP contribution in [0.25, 0.3) is 0 Å². The minimum atomic E-state index is -3.76. The Bertz CT molecular complexity index is 162. The summed E-state index contributed by atoms with van der Waals surface area (Å²) >= 11 is 0. The van der Waals surface area contributed by atoms with E-state index < -0.39 is 10.1 Å². The van der Waals surface area contributed by atoms with Gasteiger partial charge in [0.25, 0.3) is 10.1 Å². The van der Waals surface area contributed by atoms with Crippen LogP contribution in [0, 0.1) is 0 Å². The van der Waals surface area contributed by atoms with Crippen molar-refractivity contribution in [3.05, 3.63) is 0 Å². The van der Waals surface area contributed by atoms with Gasteiger partial charge in [-0.3, -0.25) is 4.55 Å². The fourth-order valence-electron chi connectivity index (χ4n) is 0.298. The van der Waals surface area contributed by atoms with E-state index in [9.17, 15) is 8.42 Å². The second kappa shape index (κ2) is 4.65. The Kier molecular flexibility index (Phi) is 5.83. The van der Waals surface area contributed by atoms with Gasteiger partial charge < -0.3 is 4.90 Å². The molecule has 5 heteroatoms. The Morgan fingerprint density at radius 3 is 1.90 bits per heavy atom. The minimum absolute atomic E-state index is 0. The van der Waals surface area contributed by atoms with Gasteiger partial charge in [-0.1, -0.05) is 7.43 Å². The van der Waals surface area contributed by atoms with E-state index in [1.807, 2.05) is 0 Å². The van der Waals surface area contributed by atoms with Crippen LogP contribution in [0.5, 0.6) is 0 Å². The maximum absolute atomic E-state index is 10.1. The summed E-state index contributed by atoms with van der Waals surface area (Å²) in [7, 11) is -0.278. The zero-order valence-corrected chi connectivity index (χ0v) is 6.35. The molecule has 64 valence electrons. The van der Waals surface area contributed by atoms with E-state index in [1.54, 1.807) is 19.0 Å². The van der Waals surface area contributed by atoms with E-state index in [0.29, 0.717) is 6.54 Å². The first-order valence-electron chi connectivity index (χ1n) is 2.52. The van der Waals surface area contributed by atoms with E-state index in [-0.39, 0.29) is 13.2 Å². The molecule has 0 aromatic heterocycles. The molecule has 0 heterocycles. The van der Waals surface area contributed by atoms with Crippen molar-refractivity contribution in [2.24, 2.45) is 0 Å². The van der Waals surface area contributed by atoms with Crippen molar-refractivity contribution in [2.45, 2.75) is 7.43 Å². The lowest BCUT2D eigenvalue weighted by Crippen LogP contribution is -2.21. The third-order valence-electron chi connectivity index (χ3n) is 0.796. The van der Waals surface area contributed by atoms with Gasteiger partial charge in [-0.2, -0.15) is 8.42 Å². The fourth-order valence-corrected chi connectivity index (χ4v) is 0.894. The highest BCUT2D eigenvalue weighted by Crippen LogP contribution is 1.82. The van der Waals surface area contributed by atoms with Crippen LogP contribution in [0.2, 0.25) is 0 Å². The molecular formula is C5H15NO3S. The van der Waals surface area contributed by atoms with Crippen LogP contribution in [-0.4, -0.2) is 44.3 Å². The molecule has 4 nitrogen and oxygen atoms in total. The van der Waals surface area contributed by atoms with Crippen LogP contribution in [0.3, 0.4) is 0 Å². The molecule has 0 aliphatic heterocycles. The summed E-state index contributed by atoms with van der Waals surface area (Å²) < 4.78 is 28.3. The summed E-state index contributed by atoms with van der Waals surface area (Å²) in [6, 6.07) is 0. The third-order valence-corrected chi connectivity index (χ3v) is 1.49. The SMILES string of the molecule is C.CN(C)CCS(=O)(=O)O. The van der Waals surface area contributed by atoms with Crippen molar-refractivity contribution in [1.29, 1.82) is 0 Å². The Morgan fingerprint density at radius 2 is 1.80 bits per heavy atom. The highest BCUT2D eigenvalue weighted by molar-refractivity contribution is 7.85. The minimum Gasteiger partial charge on any atom is -0.308 e. The highest BCUT2D eigenvalue weighted by Gasteiger charge is 2.03.